The van der Waals surface area contributed by atoms with Crippen LogP contribution in [0.4, 0.5) is 11.4 Å². The van der Waals surface area contributed by atoms with Gasteiger partial charge in [-0.3, -0.25) is 28.6 Å². The number of rotatable bonds is 13. The van der Waals surface area contributed by atoms with Gasteiger partial charge in [0.05, 0.1) is 48.8 Å². The molecule has 15 nitrogen and oxygen atoms in total. The van der Waals surface area contributed by atoms with E-state index in [0.717, 1.165) is 18.7 Å². The second-order valence-corrected chi connectivity index (χ2v) is 14.3. The molecule has 5 aromatic rings. The maximum absolute atomic E-state index is 14.2. The zero-order chi connectivity index (χ0) is 39.1. The van der Waals surface area contributed by atoms with Gasteiger partial charge in [-0.05, 0) is 54.8 Å². The minimum absolute atomic E-state index is 0.0169. The Balaban J connectivity index is 1.00. The predicted molar refractivity (Wildman–Crippen MR) is 211 cm³/mol. The van der Waals surface area contributed by atoms with Gasteiger partial charge in [0.15, 0.2) is 0 Å². The van der Waals surface area contributed by atoms with Crippen LogP contribution in [-0.4, -0.2) is 109 Å². The zero-order valence-electron chi connectivity index (χ0n) is 31.0. The van der Waals surface area contributed by atoms with Crippen LogP contribution < -0.4 is 16.2 Å². The largest absolute Gasteiger partial charge is 0.388 e. The second-order valence-electron chi connectivity index (χ2n) is 14.3. The van der Waals surface area contributed by atoms with Crippen molar-refractivity contribution in [3.63, 3.8) is 0 Å². The number of carbonyl (C=O) groups excluding carboxylic acids is 3. The molecule has 1 atom stereocenters. The van der Waals surface area contributed by atoms with E-state index in [0.29, 0.717) is 66.1 Å². The number of fused-ring (bicyclic) bond motifs is 1. The average molecular weight is 760 g/mol. The normalized spacial score (nSPS) is 16.3. The van der Waals surface area contributed by atoms with Crippen molar-refractivity contribution in [2.45, 2.75) is 43.9 Å². The molecule has 0 bridgehead atoms. The number of anilines is 2. The number of amides is 3. The van der Waals surface area contributed by atoms with Gasteiger partial charge in [0, 0.05) is 62.5 Å². The van der Waals surface area contributed by atoms with Crippen molar-refractivity contribution in [3.05, 3.63) is 114 Å². The van der Waals surface area contributed by atoms with Crippen LogP contribution in [0.5, 0.6) is 0 Å². The van der Waals surface area contributed by atoms with Crippen molar-refractivity contribution in [2.75, 3.05) is 56.6 Å². The van der Waals surface area contributed by atoms with Gasteiger partial charge < -0.3 is 25.4 Å². The SMILES string of the molecule is C=CC(=O)Nc1cccc(-c2cn(C(Cc3ccccc3)C(=O)N3CCC(O)(Cn4cnc5cc(NC(=O)CCN6CCOCC6)ccc5c4=O)CC3)nn2)c1. The molecule has 290 valence electrons. The third-order valence-corrected chi connectivity index (χ3v) is 10.3. The average Bonchev–Trinajstić information content (AvgIpc) is 3.71. The topological polar surface area (TPSA) is 177 Å². The van der Waals surface area contributed by atoms with Crippen LogP contribution in [0.1, 0.15) is 30.9 Å². The summed E-state index contributed by atoms with van der Waals surface area (Å²) in [7, 11) is 0. The lowest BCUT2D eigenvalue weighted by atomic mass is 9.90. The van der Waals surface area contributed by atoms with Gasteiger partial charge in [0.25, 0.3) is 5.56 Å². The molecule has 0 aliphatic carbocycles. The highest BCUT2D eigenvalue weighted by Crippen LogP contribution is 2.28. The lowest BCUT2D eigenvalue weighted by molar-refractivity contribution is -0.139. The minimum atomic E-state index is -1.24. The van der Waals surface area contributed by atoms with E-state index in [9.17, 15) is 24.3 Å². The van der Waals surface area contributed by atoms with E-state index in [-0.39, 0.29) is 55.8 Å². The predicted octanol–water partition coefficient (Wildman–Crippen LogP) is 3.28. The van der Waals surface area contributed by atoms with Crippen LogP contribution in [0, 0.1) is 0 Å². The highest BCUT2D eigenvalue weighted by Gasteiger charge is 2.37. The van der Waals surface area contributed by atoms with Gasteiger partial charge in [-0.1, -0.05) is 54.3 Å². The molecule has 56 heavy (non-hydrogen) atoms. The molecule has 0 radical (unpaired) electrons. The van der Waals surface area contributed by atoms with Crippen LogP contribution >= 0.6 is 0 Å². The molecule has 2 saturated heterocycles. The van der Waals surface area contributed by atoms with E-state index < -0.39 is 11.6 Å². The summed E-state index contributed by atoms with van der Waals surface area (Å²) in [6, 6.07) is 21.1. The zero-order valence-corrected chi connectivity index (χ0v) is 31.0. The Morgan fingerprint density at radius 2 is 1.71 bits per heavy atom. The van der Waals surface area contributed by atoms with Gasteiger partial charge in [-0.2, -0.15) is 0 Å². The molecule has 3 aromatic carbocycles. The molecule has 0 spiro atoms. The number of morpholine rings is 1. The first kappa shape index (κ1) is 38.3. The third kappa shape index (κ3) is 9.25. The van der Waals surface area contributed by atoms with Crippen molar-refractivity contribution < 1.29 is 24.2 Å². The van der Waals surface area contributed by atoms with Crippen molar-refractivity contribution >= 4 is 40.0 Å². The van der Waals surface area contributed by atoms with Gasteiger partial charge in [-0.15, -0.1) is 5.10 Å². The summed E-state index contributed by atoms with van der Waals surface area (Å²) in [5.74, 6) is -0.610. The summed E-state index contributed by atoms with van der Waals surface area (Å²) in [6.07, 6.45) is 5.56. The molecule has 1 unspecified atom stereocenters. The molecule has 2 fully saturated rings. The summed E-state index contributed by atoms with van der Waals surface area (Å²) >= 11 is 0. The lowest BCUT2D eigenvalue weighted by Crippen LogP contribution is -2.51. The summed E-state index contributed by atoms with van der Waals surface area (Å²) in [5, 5.41) is 26.4. The number of hydrogen-bond donors (Lipinski definition) is 3. The molecule has 7 rings (SSSR count). The standard InChI is InChI=1S/C41H45N9O6/c1-2-37(51)43-31-10-6-9-30(24-31)35-26-50(46-45-35)36(23-29-7-4-3-5-8-29)40(54)48-17-14-41(55,15-18-48)27-49-28-42-34-25-32(11-12-33(34)39(49)53)44-38(52)13-16-47-19-21-56-22-20-47/h2-12,24-26,28,36,55H,1,13-23,27H2,(H,43,51)(H,44,52). The number of benzene rings is 3. The summed E-state index contributed by atoms with van der Waals surface area (Å²) < 4.78 is 8.35. The highest BCUT2D eigenvalue weighted by atomic mass is 16.5. The monoisotopic (exact) mass is 759 g/mol. The summed E-state index contributed by atoms with van der Waals surface area (Å²) in [5.41, 5.74) is 2.23. The Bertz CT molecular complexity index is 2260. The van der Waals surface area contributed by atoms with E-state index in [2.05, 4.69) is 37.4 Å². The van der Waals surface area contributed by atoms with Gasteiger partial charge in [-0.25, -0.2) is 9.67 Å². The van der Waals surface area contributed by atoms with Crippen LogP contribution in [0.3, 0.4) is 0 Å². The van der Waals surface area contributed by atoms with Crippen LogP contribution in [-0.2, 0) is 32.1 Å². The van der Waals surface area contributed by atoms with Gasteiger partial charge in [0.1, 0.15) is 11.7 Å². The number of aromatic nitrogens is 5. The van der Waals surface area contributed by atoms with Gasteiger partial charge >= 0.3 is 0 Å². The van der Waals surface area contributed by atoms with Crippen LogP contribution in [0.25, 0.3) is 22.2 Å². The van der Waals surface area contributed by atoms with E-state index in [4.69, 9.17) is 4.74 Å². The Morgan fingerprint density at radius 3 is 2.48 bits per heavy atom. The fourth-order valence-corrected chi connectivity index (χ4v) is 7.13. The molecule has 2 aliphatic heterocycles. The number of carbonyl (C=O) groups is 3. The molecule has 0 saturated carbocycles. The number of likely N-dealkylation sites (tertiary alicyclic amines) is 1. The maximum Gasteiger partial charge on any atom is 0.261 e. The first-order chi connectivity index (χ1) is 27.2. The highest BCUT2D eigenvalue weighted by molar-refractivity contribution is 5.99. The van der Waals surface area contributed by atoms with E-state index in [1.54, 1.807) is 52.2 Å². The fourth-order valence-electron chi connectivity index (χ4n) is 7.13. The molecular formula is C41H45N9O6. The molecule has 3 amide bonds. The molecular weight excluding hydrogens is 715 g/mol. The van der Waals surface area contributed by atoms with E-state index in [1.807, 2.05) is 36.4 Å². The second kappa shape index (κ2) is 17.2. The number of hydrogen-bond acceptors (Lipinski definition) is 10. The minimum Gasteiger partial charge on any atom is -0.388 e. The van der Waals surface area contributed by atoms with E-state index >= 15 is 0 Å². The number of aliphatic hydroxyl groups is 1. The lowest BCUT2D eigenvalue weighted by Gasteiger charge is -2.39. The molecule has 2 aliphatic rings. The molecule has 15 heteroatoms. The number of nitrogens with one attached hydrogen (secondary N) is 2. The van der Waals surface area contributed by atoms with Crippen molar-refractivity contribution in [3.8, 4) is 11.3 Å². The molecule has 4 heterocycles. The first-order valence-electron chi connectivity index (χ1n) is 18.8. The number of piperidine rings is 1. The van der Waals surface area contributed by atoms with E-state index in [1.165, 1.54) is 17.0 Å². The summed E-state index contributed by atoms with van der Waals surface area (Å²) in [6.45, 7) is 7.67. The molecule has 2 aromatic heterocycles. The Hall–Kier alpha value is -6.03. The maximum atomic E-state index is 14.2. The third-order valence-electron chi connectivity index (χ3n) is 10.3. The summed E-state index contributed by atoms with van der Waals surface area (Å²) in [4.78, 5) is 60.6. The van der Waals surface area contributed by atoms with Crippen LogP contribution in [0.15, 0.2) is 103 Å². The number of ether oxygens (including phenoxy) is 1. The van der Waals surface area contributed by atoms with Crippen LogP contribution in [0.2, 0.25) is 0 Å². The Morgan fingerprint density at radius 1 is 0.946 bits per heavy atom. The smallest absolute Gasteiger partial charge is 0.261 e. The number of nitrogens with zero attached hydrogens (tertiary/aromatic N) is 7. The Labute approximate surface area is 323 Å². The molecule has 3 N–H and O–H groups in total. The quantitative estimate of drug-likeness (QED) is 0.151. The first-order valence-corrected chi connectivity index (χ1v) is 18.8. The van der Waals surface area contributed by atoms with Crippen molar-refractivity contribution in [1.29, 1.82) is 0 Å². The Kier molecular flexibility index (Phi) is 11.7. The fraction of sp³-hybridized carbons (Fsp3) is 0.341. The van der Waals surface area contributed by atoms with Gasteiger partial charge in [0.2, 0.25) is 17.7 Å². The van der Waals surface area contributed by atoms with Crippen molar-refractivity contribution in [1.82, 2.24) is 34.3 Å². The van der Waals surface area contributed by atoms with Crippen molar-refractivity contribution in [2.24, 2.45) is 0 Å².